The number of aryl methyl sites for hydroxylation is 1. The smallest absolute Gasteiger partial charge is 0.291 e. The van der Waals surface area contributed by atoms with Crippen molar-refractivity contribution in [2.45, 2.75) is 13.3 Å². The lowest BCUT2D eigenvalue weighted by atomic mass is 10.3. The van der Waals surface area contributed by atoms with Gasteiger partial charge in [-0.3, -0.25) is 4.79 Å². The van der Waals surface area contributed by atoms with E-state index in [0.717, 1.165) is 17.9 Å². The van der Waals surface area contributed by atoms with Gasteiger partial charge in [0.1, 0.15) is 11.5 Å². The molecule has 0 saturated heterocycles. The van der Waals surface area contributed by atoms with E-state index in [-0.39, 0.29) is 5.91 Å². The first-order valence-electron chi connectivity index (χ1n) is 5.77. The molecule has 0 aliphatic heterocycles. The summed E-state index contributed by atoms with van der Waals surface area (Å²) in [6.07, 6.45) is 0.774. The summed E-state index contributed by atoms with van der Waals surface area (Å²) in [5, 5.41) is 2.76. The first-order valence-corrected chi connectivity index (χ1v) is 5.77. The zero-order chi connectivity index (χ0) is 13.0. The fraction of sp³-hybridized carbons (Fsp3) is 0.214. The molecule has 2 aromatic rings. The van der Waals surface area contributed by atoms with Crippen LogP contribution in [0, 0.1) is 0 Å². The molecule has 2 rings (SSSR count). The molecule has 94 valence electrons. The molecule has 1 amide bonds. The first-order chi connectivity index (χ1) is 8.72. The zero-order valence-corrected chi connectivity index (χ0v) is 10.4. The van der Waals surface area contributed by atoms with Crippen molar-refractivity contribution in [2.75, 3.05) is 12.4 Å². The topological polar surface area (TPSA) is 51.5 Å². The molecule has 1 heterocycles. The number of carbonyl (C=O) groups excluding carboxylic acids is 1. The van der Waals surface area contributed by atoms with E-state index >= 15 is 0 Å². The normalized spacial score (nSPS) is 10.1. The van der Waals surface area contributed by atoms with Crippen molar-refractivity contribution >= 4 is 11.6 Å². The number of benzene rings is 1. The van der Waals surface area contributed by atoms with Crippen LogP contribution in [0.1, 0.15) is 23.2 Å². The van der Waals surface area contributed by atoms with E-state index in [1.807, 2.05) is 13.0 Å². The molecule has 0 aliphatic carbocycles. The van der Waals surface area contributed by atoms with Gasteiger partial charge in [-0.15, -0.1) is 0 Å². The summed E-state index contributed by atoms with van der Waals surface area (Å²) in [6, 6.07) is 10.6. The molecule has 0 spiro atoms. The third-order valence-electron chi connectivity index (χ3n) is 2.58. The van der Waals surface area contributed by atoms with Crippen LogP contribution in [-0.4, -0.2) is 13.0 Å². The fourth-order valence-corrected chi connectivity index (χ4v) is 1.56. The predicted molar refractivity (Wildman–Crippen MR) is 69.0 cm³/mol. The summed E-state index contributed by atoms with van der Waals surface area (Å²) in [5.41, 5.74) is 0.704. The summed E-state index contributed by atoms with van der Waals surface area (Å²) in [7, 11) is 1.60. The first kappa shape index (κ1) is 12.2. The van der Waals surface area contributed by atoms with Crippen LogP contribution in [0.2, 0.25) is 0 Å². The van der Waals surface area contributed by atoms with Crippen LogP contribution in [-0.2, 0) is 6.42 Å². The maximum atomic E-state index is 11.9. The molecule has 0 radical (unpaired) electrons. The van der Waals surface area contributed by atoms with Crippen LogP contribution in [0.3, 0.4) is 0 Å². The number of rotatable bonds is 4. The number of anilines is 1. The monoisotopic (exact) mass is 245 g/mol. The number of furan rings is 1. The Bertz CT molecular complexity index is 528. The SMILES string of the molecule is CCc1ccc(C(=O)Nc2ccc(OC)cc2)o1. The highest BCUT2D eigenvalue weighted by molar-refractivity contribution is 6.02. The number of hydrogen-bond donors (Lipinski definition) is 1. The van der Waals surface area contributed by atoms with Crippen molar-refractivity contribution in [3.8, 4) is 5.75 Å². The molecule has 1 N–H and O–H groups in total. The number of methoxy groups -OCH3 is 1. The van der Waals surface area contributed by atoms with Gasteiger partial charge in [0.25, 0.3) is 5.91 Å². The van der Waals surface area contributed by atoms with Gasteiger partial charge in [0.05, 0.1) is 7.11 Å². The molecular weight excluding hydrogens is 230 g/mol. The van der Waals surface area contributed by atoms with Crippen LogP contribution in [0.15, 0.2) is 40.8 Å². The molecule has 1 aromatic heterocycles. The highest BCUT2D eigenvalue weighted by atomic mass is 16.5. The highest BCUT2D eigenvalue weighted by Gasteiger charge is 2.10. The maximum Gasteiger partial charge on any atom is 0.291 e. The average Bonchev–Trinajstić information content (AvgIpc) is 2.88. The molecule has 1 aromatic carbocycles. The summed E-state index contributed by atoms with van der Waals surface area (Å²) in [5.74, 6) is 1.62. The second-order valence-corrected chi connectivity index (χ2v) is 3.80. The van der Waals surface area contributed by atoms with Gasteiger partial charge in [0.2, 0.25) is 0 Å². The molecule has 4 heteroatoms. The van der Waals surface area contributed by atoms with Gasteiger partial charge in [-0.05, 0) is 36.4 Å². The van der Waals surface area contributed by atoms with Gasteiger partial charge in [-0.2, -0.15) is 0 Å². The minimum atomic E-state index is -0.250. The van der Waals surface area contributed by atoms with E-state index in [4.69, 9.17) is 9.15 Å². The second-order valence-electron chi connectivity index (χ2n) is 3.80. The highest BCUT2D eigenvalue weighted by Crippen LogP contribution is 2.16. The second kappa shape index (κ2) is 5.40. The molecule has 18 heavy (non-hydrogen) atoms. The third-order valence-corrected chi connectivity index (χ3v) is 2.58. The van der Waals surface area contributed by atoms with E-state index in [1.165, 1.54) is 0 Å². The third kappa shape index (κ3) is 2.71. The number of carbonyl (C=O) groups is 1. The minimum absolute atomic E-state index is 0.250. The average molecular weight is 245 g/mol. The fourth-order valence-electron chi connectivity index (χ4n) is 1.56. The van der Waals surface area contributed by atoms with Crippen molar-refractivity contribution in [3.63, 3.8) is 0 Å². The van der Waals surface area contributed by atoms with Crippen LogP contribution < -0.4 is 10.1 Å². The van der Waals surface area contributed by atoms with Gasteiger partial charge in [0, 0.05) is 12.1 Å². The molecule has 0 bridgehead atoms. The number of hydrogen-bond acceptors (Lipinski definition) is 3. The molecule has 0 aliphatic rings. The van der Waals surface area contributed by atoms with Crippen molar-refractivity contribution < 1.29 is 13.9 Å². The molecule has 0 unspecified atom stereocenters. The Morgan fingerprint density at radius 1 is 1.22 bits per heavy atom. The maximum absolute atomic E-state index is 11.9. The van der Waals surface area contributed by atoms with E-state index in [0.29, 0.717) is 11.4 Å². The largest absolute Gasteiger partial charge is 0.497 e. The van der Waals surface area contributed by atoms with E-state index < -0.39 is 0 Å². The molecule has 4 nitrogen and oxygen atoms in total. The Labute approximate surface area is 106 Å². The van der Waals surface area contributed by atoms with Gasteiger partial charge < -0.3 is 14.5 Å². The molecular formula is C14H15NO3. The van der Waals surface area contributed by atoms with E-state index in [9.17, 15) is 4.79 Å². The van der Waals surface area contributed by atoms with Crippen LogP contribution >= 0.6 is 0 Å². The van der Waals surface area contributed by atoms with Crippen molar-refractivity contribution in [3.05, 3.63) is 47.9 Å². The van der Waals surface area contributed by atoms with Crippen LogP contribution in [0.4, 0.5) is 5.69 Å². The van der Waals surface area contributed by atoms with Crippen molar-refractivity contribution in [1.29, 1.82) is 0 Å². The lowest BCUT2D eigenvalue weighted by Crippen LogP contribution is -2.10. The Balaban J connectivity index is 2.06. The minimum Gasteiger partial charge on any atom is -0.497 e. The van der Waals surface area contributed by atoms with Gasteiger partial charge in [-0.1, -0.05) is 6.92 Å². The van der Waals surface area contributed by atoms with Crippen LogP contribution in [0.25, 0.3) is 0 Å². The number of amides is 1. The number of ether oxygens (including phenoxy) is 1. The van der Waals surface area contributed by atoms with Crippen LogP contribution in [0.5, 0.6) is 5.75 Å². The zero-order valence-electron chi connectivity index (χ0n) is 10.4. The van der Waals surface area contributed by atoms with Crippen molar-refractivity contribution in [2.24, 2.45) is 0 Å². The van der Waals surface area contributed by atoms with Crippen molar-refractivity contribution in [1.82, 2.24) is 0 Å². The summed E-state index contributed by atoms with van der Waals surface area (Å²) < 4.78 is 10.4. The Morgan fingerprint density at radius 2 is 1.94 bits per heavy atom. The molecule has 0 saturated carbocycles. The molecule has 0 atom stereocenters. The van der Waals surface area contributed by atoms with Gasteiger partial charge >= 0.3 is 0 Å². The van der Waals surface area contributed by atoms with Gasteiger partial charge in [-0.25, -0.2) is 0 Å². The quantitative estimate of drug-likeness (QED) is 0.900. The number of nitrogens with one attached hydrogen (secondary N) is 1. The summed E-state index contributed by atoms with van der Waals surface area (Å²) in [4.78, 5) is 11.9. The predicted octanol–water partition coefficient (Wildman–Crippen LogP) is 3.10. The summed E-state index contributed by atoms with van der Waals surface area (Å²) in [6.45, 7) is 1.98. The lowest BCUT2D eigenvalue weighted by molar-refractivity contribution is 0.0995. The summed E-state index contributed by atoms with van der Waals surface area (Å²) >= 11 is 0. The Kier molecular flexibility index (Phi) is 3.67. The molecule has 0 fully saturated rings. The Hall–Kier alpha value is -2.23. The Morgan fingerprint density at radius 3 is 2.50 bits per heavy atom. The lowest BCUT2D eigenvalue weighted by Gasteiger charge is -2.04. The standard InChI is InChI=1S/C14H15NO3/c1-3-11-8-9-13(18-11)14(16)15-10-4-6-12(17-2)7-5-10/h4-9H,3H2,1-2H3,(H,15,16). The van der Waals surface area contributed by atoms with Gasteiger partial charge in [0.15, 0.2) is 5.76 Å². The van der Waals surface area contributed by atoms with E-state index in [1.54, 1.807) is 37.4 Å². The van der Waals surface area contributed by atoms with E-state index in [2.05, 4.69) is 5.32 Å².